The van der Waals surface area contributed by atoms with Gasteiger partial charge < -0.3 is 5.32 Å². The van der Waals surface area contributed by atoms with Crippen LogP contribution in [0.3, 0.4) is 0 Å². The van der Waals surface area contributed by atoms with Crippen LogP contribution in [0.4, 0.5) is 0 Å². The molecular weight excluding hydrogens is 298 g/mol. The van der Waals surface area contributed by atoms with Crippen molar-refractivity contribution in [3.05, 3.63) is 28.2 Å². The highest BCUT2D eigenvalue weighted by atomic mass is 32.1. The Balaban J connectivity index is 1.62. The molecule has 0 bridgehead atoms. The van der Waals surface area contributed by atoms with E-state index in [1.807, 2.05) is 24.0 Å². The summed E-state index contributed by atoms with van der Waals surface area (Å²) >= 11 is 1.62. The molecule has 3 rings (SSSR count). The molecule has 0 spiro atoms. The summed E-state index contributed by atoms with van der Waals surface area (Å²) in [6, 6.07) is -0.00231. The first kappa shape index (κ1) is 15.1. The van der Waals surface area contributed by atoms with E-state index in [4.69, 9.17) is 0 Å². The second-order valence-electron chi connectivity index (χ2n) is 5.68. The largest absolute Gasteiger partial charge is 0.346 e. The summed E-state index contributed by atoms with van der Waals surface area (Å²) in [5, 5.41) is 7.38. The Morgan fingerprint density at radius 2 is 2.32 bits per heavy atom. The van der Waals surface area contributed by atoms with Gasteiger partial charge in [-0.15, -0.1) is 11.3 Å². The van der Waals surface area contributed by atoms with Gasteiger partial charge >= 0.3 is 0 Å². The zero-order valence-electron chi connectivity index (χ0n) is 13.0. The average Bonchev–Trinajstić information content (AvgIpc) is 3.10. The molecule has 6 nitrogen and oxygen atoms in total. The lowest BCUT2D eigenvalue weighted by molar-refractivity contribution is -0.122. The number of carbonyl (C=O) groups excluding carboxylic acids is 1. The summed E-state index contributed by atoms with van der Waals surface area (Å²) in [6.07, 6.45) is 5.11. The van der Waals surface area contributed by atoms with E-state index in [2.05, 4.69) is 20.4 Å². The molecule has 1 saturated carbocycles. The van der Waals surface area contributed by atoms with Gasteiger partial charge in [-0.05, 0) is 39.0 Å². The quantitative estimate of drug-likeness (QED) is 0.849. The second-order valence-corrected chi connectivity index (χ2v) is 6.62. The van der Waals surface area contributed by atoms with E-state index in [0.29, 0.717) is 12.3 Å². The minimum absolute atomic E-state index is 0.00231. The Morgan fingerprint density at radius 1 is 1.50 bits per heavy atom. The van der Waals surface area contributed by atoms with Crippen molar-refractivity contribution in [3.63, 3.8) is 0 Å². The Morgan fingerprint density at radius 3 is 2.95 bits per heavy atom. The van der Waals surface area contributed by atoms with Crippen LogP contribution in [0.1, 0.15) is 48.6 Å². The van der Waals surface area contributed by atoms with Crippen molar-refractivity contribution in [2.24, 2.45) is 5.92 Å². The van der Waals surface area contributed by atoms with Crippen LogP contribution in [0.5, 0.6) is 0 Å². The molecule has 0 saturated heterocycles. The van der Waals surface area contributed by atoms with Gasteiger partial charge in [-0.3, -0.25) is 4.79 Å². The SMILES string of the molecule is CCn1ncnc1[C@H](NC(=O)CCc1scnc1C)C1CC1. The van der Waals surface area contributed by atoms with Crippen LogP contribution in [0, 0.1) is 12.8 Å². The lowest BCUT2D eigenvalue weighted by Crippen LogP contribution is -2.32. The van der Waals surface area contributed by atoms with Gasteiger partial charge in [0.25, 0.3) is 0 Å². The van der Waals surface area contributed by atoms with Gasteiger partial charge in [0.2, 0.25) is 5.91 Å². The first-order valence-corrected chi connectivity index (χ1v) is 8.63. The fourth-order valence-electron chi connectivity index (χ4n) is 2.62. The molecule has 0 aliphatic heterocycles. The van der Waals surface area contributed by atoms with Gasteiger partial charge in [0.1, 0.15) is 12.2 Å². The predicted octanol–water partition coefficient (Wildman–Crippen LogP) is 2.26. The molecule has 22 heavy (non-hydrogen) atoms. The Labute approximate surface area is 134 Å². The molecule has 2 aromatic heterocycles. The number of aryl methyl sites for hydroxylation is 3. The second kappa shape index (κ2) is 6.56. The molecule has 1 aliphatic carbocycles. The highest BCUT2D eigenvalue weighted by Crippen LogP contribution is 2.40. The fraction of sp³-hybridized carbons (Fsp3) is 0.600. The number of amides is 1. The molecule has 0 unspecified atom stereocenters. The fourth-order valence-corrected chi connectivity index (χ4v) is 3.40. The molecule has 1 fully saturated rings. The maximum atomic E-state index is 12.3. The number of aromatic nitrogens is 4. The standard InChI is InChI=1S/C15H21N5OS/c1-3-20-15(16-8-18-20)14(11-4-5-11)19-13(21)7-6-12-10(2)17-9-22-12/h8-9,11,14H,3-7H2,1-2H3,(H,19,21)/t14-/m1/s1. The average molecular weight is 319 g/mol. The molecular formula is C15H21N5OS. The van der Waals surface area contributed by atoms with Crippen molar-refractivity contribution >= 4 is 17.2 Å². The van der Waals surface area contributed by atoms with E-state index in [9.17, 15) is 4.79 Å². The molecule has 0 radical (unpaired) electrons. The Bertz CT molecular complexity index is 646. The number of hydrogen-bond acceptors (Lipinski definition) is 5. The minimum atomic E-state index is -0.00231. The summed E-state index contributed by atoms with van der Waals surface area (Å²) in [7, 11) is 0. The third-order valence-corrected chi connectivity index (χ3v) is 5.05. The summed E-state index contributed by atoms with van der Waals surface area (Å²) in [6.45, 7) is 4.80. The number of rotatable bonds is 7. The third kappa shape index (κ3) is 3.35. The van der Waals surface area contributed by atoms with Crippen molar-refractivity contribution in [3.8, 4) is 0 Å². The summed E-state index contributed by atoms with van der Waals surface area (Å²) in [5.41, 5.74) is 2.86. The highest BCUT2D eigenvalue weighted by molar-refractivity contribution is 7.09. The van der Waals surface area contributed by atoms with Crippen LogP contribution in [-0.2, 0) is 17.8 Å². The van der Waals surface area contributed by atoms with Gasteiger partial charge in [0.15, 0.2) is 0 Å². The van der Waals surface area contributed by atoms with Crippen LogP contribution >= 0.6 is 11.3 Å². The first-order chi connectivity index (χ1) is 10.7. The van der Waals surface area contributed by atoms with Crippen molar-refractivity contribution in [2.75, 3.05) is 0 Å². The van der Waals surface area contributed by atoms with E-state index in [1.54, 1.807) is 17.7 Å². The van der Waals surface area contributed by atoms with Crippen LogP contribution < -0.4 is 5.32 Å². The Hall–Kier alpha value is -1.76. The number of hydrogen-bond donors (Lipinski definition) is 1. The lowest BCUT2D eigenvalue weighted by Gasteiger charge is -2.18. The summed E-state index contributed by atoms with van der Waals surface area (Å²) in [4.78, 5) is 22.1. The third-order valence-electron chi connectivity index (χ3n) is 4.06. The maximum Gasteiger partial charge on any atom is 0.220 e. The molecule has 1 atom stereocenters. The number of nitrogens with zero attached hydrogens (tertiary/aromatic N) is 4. The van der Waals surface area contributed by atoms with E-state index in [-0.39, 0.29) is 11.9 Å². The van der Waals surface area contributed by atoms with Gasteiger partial charge in [-0.2, -0.15) is 5.10 Å². The number of carbonyl (C=O) groups is 1. The molecule has 1 amide bonds. The van der Waals surface area contributed by atoms with Crippen LogP contribution in [0.25, 0.3) is 0 Å². The number of nitrogens with one attached hydrogen (secondary N) is 1. The Kier molecular flexibility index (Phi) is 4.52. The predicted molar refractivity (Wildman–Crippen MR) is 84.5 cm³/mol. The van der Waals surface area contributed by atoms with Crippen LogP contribution in [0.15, 0.2) is 11.8 Å². The van der Waals surface area contributed by atoms with Gasteiger partial charge in [0.05, 0.1) is 17.2 Å². The monoisotopic (exact) mass is 319 g/mol. The van der Waals surface area contributed by atoms with Crippen LogP contribution in [0.2, 0.25) is 0 Å². The summed E-state index contributed by atoms with van der Waals surface area (Å²) in [5.74, 6) is 1.46. The molecule has 7 heteroatoms. The first-order valence-electron chi connectivity index (χ1n) is 7.75. The van der Waals surface area contributed by atoms with Crippen molar-refractivity contribution < 1.29 is 4.79 Å². The van der Waals surface area contributed by atoms with E-state index in [0.717, 1.165) is 37.3 Å². The van der Waals surface area contributed by atoms with Gasteiger partial charge in [-0.25, -0.2) is 14.6 Å². The molecule has 1 N–H and O–H groups in total. The molecule has 2 aromatic rings. The molecule has 0 aromatic carbocycles. The van der Waals surface area contributed by atoms with Crippen LogP contribution in [-0.4, -0.2) is 25.7 Å². The van der Waals surface area contributed by atoms with Crippen molar-refractivity contribution in [1.29, 1.82) is 0 Å². The molecule has 118 valence electrons. The summed E-state index contributed by atoms with van der Waals surface area (Å²) < 4.78 is 1.87. The number of thiazole rings is 1. The van der Waals surface area contributed by atoms with Gasteiger partial charge in [0, 0.05) is 17.8 Å². The molecule has 1 aliphatic rings. The minimum Gasteiger partial charge on any atom is -0.346 e. The van der Waals surface area contributed by atoms with Crippen molar-refractivity contribution in [1.82, 2.24) is 25.1 Å². The smallest absolute Gasteiger partial charge is 0.220 e. The zero-order valence-corrected chi connectivity index (χ0v) is 13.8. The zero-order chi connectivity index (χ0) is 15.5. The van der Waals surface area contributed by atoms with Crippen molar-refractivity contribution in [2.45, 2.75) is 52.1 Å². The maximum absolute atomic E-state index is 12.3. The van der Waals surface area contributed by atoms with E-state index in [1.165, 1.54) is 4.88 Å². The molecule has 2 heterocycles. The lowest BCUT2D eigenvalue weighted by atomic mass is 10.1. The normalized spacial score (nSPS) is 15.7. The van der Waals surface area contributed by atoms with E-state index < -0.39 is 0 Å². The van der Waals surface area contributed by atoms with Gasteiger partial charge in [-0.1, -0.05) is 0 Å². The topological polar surface area (TPSA) is 72.7 Å². The highest BCUT2D eigenvalue weighted by Gasteiger charge is 2.36. The van der Waals surface area contributed by atoms with E-state index >= 15 is 0 Å².